The van der Waals surface area contributed by atoms with E-state index in [9.17, 15) is 4.79 Å². The first-order valence-electron chi connectivity index (χ1n) is 9.53. The summed E-state index contributed by atoms with van der Waals surface area (Å²) in [6.45, 7) is 0. The van der Waals surface area contributed by atoms with Crippen LogP contribution in [0.5, 0.6) is 5.75 Å². The monoisotopic (exact) mass is 428 g/mol. The molecule has 0 unspecified atom stereocenters. The second kappa shape index (κ2) is 9.33. The van der Waals surface area contributed by atoms with Crippen molar-refractivity contribution in [1.82, 2.24) is 14.8 Å². The van der Waals surface area contributed by atoms with E-state index in [-0.39, 0.29) is 11.7 Å². The second-order valence-electron chi connectivity index (χ2n) is 6.85. The third-order valence-corrected chi connectivity index (χ3v) is 5.86. The molecule has 1 amide bonds. The lowest BCUT2D eigenvalue weighted by Crippen LogP contribution is -2.15. The highest BCUT2D eigenvalue weighted by Gasteiger charge is 2.16. The summed E-state index contributed by atoms with van der Waals surface area (Å²) in [7, 11) is 0. The van der Waals surface area contributed by atoms with Crippen LogP contribution in [0.25, 0.3) is 5.69 Å². The van der Waals surface area contributed by atoms with E-state index in [2.05, 4.69) is 15.5 Å². The highest BCUT2D eigenvalue weighted by Crippen LogP contribution is 2.25. The van der Waals surface area contributed by atoms with Crippen molar-refractivity contribution in [2.45, 2.75) is 36.9 Å². The van der Waals surface area contributed by atoms with Gasteiger partial charge in [0.25, 0.3) is 0 Å². The topological polar surface area (TPSA) is 69.0 Å². The van der Waals surface area contributed by atoms with Crippen molar-refractivity contribution >= 4 is 35.0 Å². The Bertz CT molecular complexity index is 971. The molecule has 1 saturated carbocycles. The number of aromatic nitrogens is 3. The fourth-order valence-corrected chi connectivity index (χ4v) is 4.18. The summed E-state index contributed by atoms with van der Waals surface area (Å²) in [6.07, 6.45) is 6.65. The van der Waals surface area contributed by atoms with E-state index in [4.69, 9.17) is 16.3 Å². The molecule has 1 N–H and O–H groups in total. The van der Waals surface area contributed by atoms with Gasteiger partial charge in [-0.1, -0.05) is 29.4 Å². The van der Waals surface area contributed by atoms with Gasteiger partial charge in [-0.2, -0.15) is 0 Å². The molecule has 0 spiro atoms. The van der Waals surface area contributed by atoms with Crippen LogP contribution < -0.4 is 10.1 Å². The third-order valence-electron chi connectivity index (χ3n) is 4.68. The van der Waals surface area contributed by atoms with Crippen molar-refractivity contribution in [2.24, 2.45) is 0 Å². The van der Waals surface area contributed by atoms with Crippen molar-refractivity contribution in [1.29, 1.82) is 0 Å². The average molecular weight is 429 g/mol. The maximum atomic E-state index is 12.3. The Labute approximate surface area is 178 Å². The minimum absolute atomic E-state index is 0.111. The van der Waals surface area contributed by atoms with Crippen LogP contribution in [0, 0.1) is 0 Å². The number of thioether (sulfide) groups is 1. The number of carbonyl (C=O) groups excluding carboxylic acids is 1. The van der Waals surface area contributed by atoms with Crippen molar-refractivity contribution in [3.63, 3.8) is 0 Å². The summed E-state index contributed by atoms with van der Waals surface area (Å²) in [5, 5.41) is 12.2. The zero-order valence-electron chi connectivity index (χ0n) is 15.8. The molecule has 0 bridgehead atoms. The minimum Gasteiger partial charge on any atom is -0.490 e. The molecular formula is C21H21ClN4O2S. The van der Waals surface area contributed by atoms with Crippen LogP contribution in [0.1, 0.15) is 25.7 Å². The summed E-state index contributed by atoms with van der Waals surface area (Å²) in [4.78, 5) is 12.3. The predicted molar refractivity (Wildman–Crippen MR) is 115 cm³/mol. The summed E-state index contributed by atoms with van der Waals surface area (Å²) < 4.78 is 7.76. The van der Waals surface area contributed by atoms with E-state index < -0.39 is 0 Å². The van der Waals surface area contributed by atoms with Gasteiger partial charge in [0.15, 0.2) is 5.16 Å². The molecule has 0 atom stereocenters. The Morgan fingerprint density at radius 2 is 2.00 bits per heavy atom. The SMILES string of the molecule is O=C(CSc1nncn1-c1cccc(Cl)c1)Nc1ccc(OC2CCCC2)cc1. The quantitative estimate of drug-likeness (QED) is 0.538. The van der Waals surface area contributed by atoms with Crippen molar-refractivity contribution < 1.29 is 9.53 Å². The Balaban J connectivity index is 1.31. The Morgan fingerprint density at radius 1 is 1.21 bits per heavy atom. The highest BCUT2D eigenvalue weighted by atomic mass is 35.5. The lowest BCUT2D eigenvalue weighted by Gasteiger charge is -2.13. The smallest absolute Gasteiger partial charge is 0.234 e. The number of halogens is 1. The zero-order valence-corrected chi connectivity index (χ0v) is 17.3. The van der Waals surface area contributed by atoms with Gasteiger partial charge in [-0.05, 0) is 68.1 Å². The van der Waals surface area contributed by atoms with Crippen molar-refractivity contribution in [3.05, 3.63) is 59.9 Å². The van der Waals surface area contributed by atoms with Gasteiger partial charge in [0.1, 0.15) is 12.1 Å². The van der Waals surface area contributed by atoms with Gasteiger partial charge in [0.2, 0.25) is 5.91 Å². The number of carbonyl (C=O) groups is 1. The Kier molecular flexibility index (Phi) is 6.36. The molecule has 0 saturated heterocycles. The molecule has 1 aliphatic carbocycles. The van der Waals surface area contributed by atoms with Gasteiger partial charge in [-0.3, -0.25) is 9.36 Å². The molecule has 1 aromatic heterocycles. The van der Waals surface area contributed by atoms with Gasteiger partial charge in [0, 0.05) is 10.7 Å². The minimum atomic E-state index is -0.111. The predicted octanol–water partition coefficient (Wildman–Crippen LogP) is 4.97. The van der Waals surface area contributed by atoms with Crippen LogP contribution in [0.4, 0.5) is 5.69 Å². The number of nitrogens with one attached hydrogen (secondary N) is 1. The normalized spacial score (nSPS) is 14.1. The number of hydrogen-bond acceptors (Lipinski definition) is 5. The summed E-state index contributed by atoms with van der Waals surface area (Å²) in [5.41, 5.74) is 1.59. The van der Waals surface area contributed by atoms with Gasteiger partial charge in [-0.25, -0.2) is 0 Å². The van der Waals surface area contributed by atoms with Crippen LogP contribution in [0.2, 0.25) is 5.02 Å². The van der Waals surface area contributed by atoms with Gasteiger partial charge >= 0.3 is 0 Å². The van der Waals surface area contributed by atoms with Gasteiger partial charge in [-0.15, -0.1) is 10.2 Å². The van der Waals surface area contributed by atoms with E-state index in [1.54, 1.807) is 17.0 Å². The number of ether oxygens (including phenoxy) is 1. The number of nitrogens with zero attached hydrogens (tertiary/aromatic N) is 3. The molecule has 150 valence electrons. The van der Waals surface area contributed by atoms with Crippen molar-refractivity contribution in [3.8, 4) is 11.4 Å². The lowest BCUT2D eigenvalue weighted by molar-refractivity contribution is -0.113. The van der Waals surface area contributed by atoms with Crippen LogP contribution in [-0.4, -0.2) is 32.5 Å². The molecule has 2 aromatic carbocycles. The molecule has 0 aliphatic heterocycles. The third kappa shape index (κ3) is 5.31. The first-order valence-corrected chi connectivity index (χ1v) is 10.9. The molecule has 1 aliphatic rings. The number of benzene rings is 2. The van der Waals surface area contributed by atoms with Gasteiger partial charge < -0.3 is 10.1 Å². The number of hydrogen-bond donors (Lipinski definition) is 1. The number of amides is 1. The molecule has 4 rings (SSSR count). The largest absolute Gasteiger partial charge is 0.490 e. The Hall–Kier alpha value is -2.51. The molecule has 1 heterocycles. The first-order chi connectivity index (χ1) is 14.2. The van der Waals surface area contributed by atoms with E-state index in [0.717, 1.165) is 30.0 Å². The Morgan fingerprint density at radius 3 is 2.76 bits per heavy atom. The van der Waals surface area contributed by atoms with E-state index >= 15 is 0 Å². The molecule has 29 heavy (non-hydrogen) atoms. The zero-order chi connectivity index (χ0) is 20.1. The summed E-state index contributed by atoms with van der Waals surface area (Å²) in [6, 6.07) is 14.9. The van der Waals surface area contributed by atoms with E-state index in [0.29, 0.717) is 16.3 Å². The maximum Gasteiger partial charge on any atom is 0.234 e. The average Bonchev–Trinajstić information content (AvgIpc) is 3.40. The molecule has 1 fully saturated rings. The maximum absolute atomic E-state index is 12.3. The van der Waals surface area contributed by atoms with E-state index in [1.165, 1.54) is 24.6 Å². The van der Waals surface area contributed by atoms with Crippen LogP contribution >= 0.6 is 23.4 Å². The molecule has 8 heteroatoms. The highest BCUT2D eigenvalue weighted by molar-refractivity contribution is 7.99. The van der Waals surface area contributed by atoms with Crippen LogP contribution in [-0.2, 0) is 4.79 Å². The molecule has 3 aromatic rings. The van der Waals surface area contributed by atoms with Crippen LogP contribution in [0.3, 0.4) is 0 Å². The fraction of sp³-hybridized carbons (Fsp3) is 0.286. The molecular weight excluding hydrogens is 408 g/mol. The lowest BCUT2D eigenvalue weighted by atomic mass is 10.2. The number of rotatable bonds is 7. The van der Waals surface area contributed by atoms with Crippen molar-refractivity contribution in [2.75, 3.05) is 11.1 Å². The summed E-state index contributed by atoms with van der Waals surface area (Å²) in [5.74, 6) is 0.957. The standard InChI is InChI=1S/C21H21ClN4O2S/c22-15-4-3-5-17(12-15)26-14-23-25-21(26)29-13-20(27)24-16-8-10-19(11-9-16)28-18-6-1-2-7-18/h3-5,8-12,14,18H,1-2,6-7,13H2,(H,24,27). The fourth-order valence-electron chi connectivity index (χ4n) is 3.27. The second-order valence-corrected chi connectivity index (χ2v) is 8.23. The first kappa shape index (κ1) is 19.8. The molecule has 0 radical (unpaired) electrons. The summed E-state index contributed by atoms with van der Waals surface area (Å²) >= 11 is 7.37. The molecule has 6 nitrogen and oxygen atoms in total. The van der Waals surface area contributed by atoms with Gasteiger partial charge in [0.05, 0.1) is 17.5 Å². The van der Waals surface area contributed by atoms with E-state index in [1.807, 2.05) is 42.5 Å². The van der Waals surface area contributed by atoms with Crippen LogP contribution in [0.15, 0.2) is 60.0 Å². The number of anilines is 1.